The number of hydrogen-bond donors (Lipinski definition) is 1. The molecule has 6 heteroatoms. The van der Waals surface area contributed by atoms with Crippen molar-refractivity contribution >= 4 is 24.2 Å². The van der Waals surface area contributed by atoms with Crippen molar-refractivity contribution in [3.63, 3.8) is 0 Å². The van der Waals surface area contributed by atoms with Crippen molar-refractivity contribution < 1.29 is 9.59 Å². The molecule has 0 saturated carbocycles. The number of rotatable bonds is 5. The summed E-state index contributed by atoms with van der Waals surface area (Å²) in [6, 6.07) is 9.92. The predicted octanol–water partition coefficient (Wildman–Crippen LogP) is 1.80. The summed E-state index contributed by atoms with van der Waals surface area (Å²) < 4.78 is 0. The Morgan fingerprint density at radius 3 is 2.61 bits per heavy atom. The smallest absolute Gasteiger partial charge is 0.224 e. The molecule has 1 atom stereocenters. The Morgan fingerprint density at radius 2 is 2.00 bits per heavy atom. The van der Waals surface area contributed by atoms with Gasteiger partial charge in [0.25, 0.3) is 0 Å². The van der Waals surface area contributed by atoms with Gasteiger partial charge in [-0.3, -0.25) is 9.59 Å². The zero-order chi connectivity index (χ0) is 15.9. The molecule has 0 radical (unpaired) electrons. The Balaban J connectivity index is 0.00000264. The summed E-state index contributed by atoms with van der Waals surface area (Å²) in [6.45, 7) is 3.96. The lowest BCUT2D eigenvalue weighted by atomic mass is 10.1. The number of hydrogen-bond acceptors (Lipinski definition) is 3. The van der Waals surface area contributed by atoms with Crippen LogP contribution in [0, 0.1) is 0 Å². The second kappa shape index (κ2) is 9.53. The van der Waals surface area contributed by atoms with Crippen LogP contribution in [0.5, 0.6) is 0 Å². The fourth-order valence-corrected chi connectivity index (χ4v) is 2.78. The van der Waals surface area contributed by atoms with Crippen LogP contribution in [0.15, 0.2) is 30.3 Å². The minimum atomic E-state index is -0.00741. The van der Waals surface area contributed by atoms with Crippen LogP contribution in [-0.4, -0.2) is 47.3 Å². The maximum Gasteiger partial charge on any atom is 0.224 e. The van der Waals surface area contributed by atoms with Crippen molar-refractivity contribution in [2.24, 2.45) is 5.73 Å². The van der Waals surface area contributed by atoms with Gasteiger partial charge in [-0.2, -0.15) is 0 Å². The van der Waals surface area contributed by atoms with E-state index in [0.717, 1.165) is 24.9 Å². The molecule has 5 nitrogen and oxygen atoms in total. The minimum Gasteiger partial charge on any atom is -0.341 e. The van der Waals surface area contributed by atoms with Crippen LogP contribution in [0.2, 0.25) is 0 Å². The van der Waals surface area contributed by atoms with Crippen molar-refractivity contribution in [2.45, 2.75) is 38.8 Å². The van der Waals surface area contributed by atoms with E-state index in [2.05, 4.69) is 0 Å². The Morgan fingerprint density at radius 1 is 1.30 bits per heavy atom. The highest BCUT2D eigenvalue weighted by Gasteiger charge is 2.22. The van der Waals surface area contributed by atoms with E-state index in [9.17, 15) is 9.59 Å². The van der Waals surface area contributed by atoms with E-state index in [1.807, 2.05) is 35.2 Å². The van der Waals surface area contributed by atoms with Gasteiger partial charge in [0, 0.05) is 45.6 Å². The quantitative estimate of drug-likeness (QED) is 0.889. The van der Waals surface area contributed by atoms with Crippen molar-refractivity contribution in [1.29, 1.82) is 0 Å². The van der Waals surface area contributed by atoms with Crippen molar-refractivity contribution in [1.82, 2.24) is 9.80 Å². The van der Waals surface area contributed by atoms with Crippen molar-refractivity contribution in [3.8, 4) is 0 Å². The van der Waals surface area contributed by atoms with E-state index in [4.69, 9.17) is 5.73 Å². The van der Waals surface area contributed by atoms with Gasteiger partial charge in [-0.15, -0.1) is 12.4 Å². The Kier molecular flexibility index (Phi) is 8.06. The molecule has 1 aromatic rings. The molecule has 1 aromatic carbocycles. The van der Waals surface area contributed by atoms with Crippen LogP contribution >= 0.6 is 12.4 Å². The molecule has 2 amide bonds. The first kappa shape index (κ1) is 19.5. The lowest BCUT2D eigenvalue weighted by Crippen LogP contribution is -2.46. The molecule has 23 heavy (non-hydrogen) atoms. The SMILES string of the molecule is CC(=O)N(CCC(=O)N1CCCC(N)C1)Cc1ccccc1.Cl. The third-order valence-corrected chi connectivity index (χ3v) is 4.07. The molecular formula is C17H26ClN3O2. The zero-order valence-electron chi connectivity index (χ0n) is 13.6. The third kappa shape index (κ3) is 6.20. The molecule has 0 aliphatic carbocycles. The van der Waals surface area contributed by atoms with E-state index in [0.29, 0.717) is 26.1 Å². The van der Waals surface area contributed by atoms with Gasteiger partial charge in [0.2, 0.25) is 11.8 Å². The predicted molar refractivity (Wildman–Crippen MR) is 93.2 cm³/mol. The molecule has 1 aliphatic rings. The van der Waals surface area contributed by atoms with Crippen LogP contribution in [-0.2, 0) is 16.1 Å². The zero-order valence-corrected chi connectivity index (χ0v) is 14.4. The van der Waals surface area contributed by atoms with Crippen LogP contribution < -0.4 is 5.73 Å². The number of carbonyl (C=O) groups is 2. The summed E-state index contributed by atoms with van der Waals surface area (Å²) in [5.74, 6) is 0.0847. The number of carbonyl (C=O) groups excluding carboxylic acids is 2. The van der Waals surface area contributed by atoms with Gasteiger partial charge in [-0.25, -0.2) is 0 Å². The fraction of sp³-hybridized carbons (Fsp3) is 0.529. The van der Waals surface area contributed by atoms with Crippen LogP contribution in [0.3, 0.4) is 0 Å². The number of halogens is 1. The lowest BCUT2D eigenvalue weighted by Gasteiger charge is -2.31. The molecule has 0 spiro atoms. The summed E-state index contributed by atoms with van der Waals surface area (Å²) in [4.78, 5) is 27.6. The van der Waals surface area contributed by atoms with E-state index < -0.39 is 0 Å². The Hall–Kier alpha value is -1.59. The number of benzene rings is 1. The van der Waals surface area contributed by atoms with Gasteiger partial charge < -0.3 is 15.5 Å². The first-order valence-electron chi connectivity index (χ1n) is 7.89. The molecule has 1 saturated heterocycles. The average molecular weight is 340 g/mol. The molecule has 2 N–H and O–H groups in total. The highest BCUT2D eigenvalue weighted by atomic mass is 35.5. The normalized spacial score (nSPS) is 17.3. The summed E-state index contributed by atoms with van der Waals surface area (Å²) in [5, 5.41) is 0. The lowest BCUT2D eigenvalue weighted by molar-refractivity contribution is -0.134. The maximum atomic E-state index is 12.3. The number of piperidine rings is 1. The van der Waals surface area contributed by atoms with E-state index >= 15 is 0 Å². The fourth-order valence-electron chi connectivity index (χ4n) is 2.78. The largest absolute Gasteiger partial charge is 0.341 e. The molecule has 1 heterocycles. The molecule has 1 fully saturated rings. The third-order valence-electron chi connectivity index (χ3n) is 4.07. The average Bonchev–Trinajstić information content (AvgIpc) is 2.51. The molecule has 0 bridgehead atoms. The molecule has 128 valence electrons. The summed E-state index contributed by atoms with van der Waals surface area (Å²) in [6.07, 6.45) is 2.31. The molecule has 2 rings (SSSR count). The second-order valence-electron chi connectivity index (χ2n) is 5.92. The second-order valence-corrected chi connectivity index (χ2v) is 5.92. The molecule has 0 aromatic heterocycles. The van der Waals surface area contributed by atoms with Gasteiger partial charge in [-0.05, 0) is 18.4 Å². The van der Waals surface area contributed by atoms with Crippen LogP contribution in [0.4, 0.5) is 0 Å². The monoisotopic (exact) mass is 339 g/mol. The topological polar surface area (TPSA) is 66.6 Å². The standard InChI is InChI=1S/C17H25N3O2.ClH/c1-14(21)19(12-15-6-3-2-4-7-15)11-9-17(22)20-10-5-8-16(18)13-20;/h2-4,6-7,16H,5,8-13,18H2,1H3;1H. The minimum absolute atomic E-state index is 0. The molecular weight excluding hydrogens is 314 g/mol. The number of likely N-dealkylation sites (tertiary alicyclic amines) is 1. The van der Waals surface area contributed by atoms with Gasteiger partial charge >= 0.3 is 0 Å². The van der Waals surface area contributed by atoms with Crippen molar-refractivity contribution in [2.75, 3.05) is 19.6 Å². The number of amides is 2. The summed E-state index contributed by atoms with van der Waals surface area (Å²) in [7, 11) is 0. The first-order valence-corrected chi connectivity index (χ1v) is 7.89. The molecule has 1 aliphatic heterocycles. The van der Waals surface area contributed by atoms with E-state index in [1.54, 1.807) is 11.8 Å². The molecule has 1 unspecified atom stereocenters. The van der Waals surface area contributed by atoms with Crippen molar-refractivity contribution in [3.05, 3.63) is 35.9 Å². The van der Waals surface area contributed by atoms with Gasteiger partial charge in [0.05, 0.1) is 0 Å². The van der Waals surface area contributed by atoms with E-state index in [1.165, 1.54) is 0 Å². The Labute approximate surface area is 144 Å². The van der Waals surface area contributed by atoms with E-state index in [-0.39, 0.29) is 30.3 Å². The number of nitrogens with zero attached hydrogens (tertiary/aromatic N) is 2. The Bertz CT molecular complexity index is 510. The first-order chi connectivity index (χ1) is 10.6. The van der Waals surface area contributed by atoms with Crippen LogP contribution in [0.1, 0.15) is 31.7 Å². The van der Waals surface area contributed by atoms with Gasteiger partial charge in [-0.1, -0.05) is 30.3 Å². The van der Waals surface area contributed by atoms with Gasteiger partial charge in [0.1, 0.15) is 0 Å². The summed E-state index contributed by atoms with van der Waals surface area (Å²) in [5.41, 5.74) is 6.99. The maximum absolute atomic E-state index is 12.3. The highest BCUT2D eigenvalue weighted by Crippen LogP contribution is 2.11. The summed E-state index contributed by atoms with van der Waals surface area (Å²) >= 11 is 0. The number of nitrogens with two attached hydrogens (primary N) is 1. The van der Waals surface area contributed by atoms with Crippen LogP contribution in [0.25, 0.3) is 0 Å². The van der Waals surface area contributed by atoms with Gasteiger partial charge in [0.15, 0.2) is 0 Å². The highest BCUT2D eigenvalue weighted by molar-refractivity contribution is 5.85.